The number of nitrogens with two attached hydrogens (primary N) is 1. The maximum atomic E-state index is 5.67. The summed E-state index contributed by atoms with van der Waals surface area (Å²) in [7, 11) is 0. The Morgan fingerprint density at radius 2 is 1.71 bits per heavy atom. The molecule has 3 unspecified atom stereocenters. The van der Waals surface area contributed by atoms with Gasteiger partial charge in [-0.1, -0.05) is 92.6 Å². The number of hydrogen-bond donors (Lipinski definition) is 2. The van der Waals surface area contributed by atoms with Crippen molar-refractivity contribution in [3.63, 3.8) is 0 Å². The molecule has 1 spiro atoms. The molecule has 0 amide bonds. The lowest BCUT2D eigenvalue weighted by Crippen LogP contribution is -2.22. The fourth-order valence-corrected chi connectivity index (χ4v) is 7.93. The summed E-state index contributed by atoms with van der Waals surface area (Å²) in [6.07, 6.45) is 23.5. The third-order valence-corrected chi connectivity index (χ3v) is 10.1. The normalized spacial score (nSPS) is 27.2. The van der Waals surface area contributed by atoms with Crippen LogP contribution in [0.2, 0.25) is 0 Å². The van der Waals surface area contributed by atoms with E-state index in [1.807, 2.05) is 0 Å². The molecule has 3 atom stereocenters. The Morgan fingerprint density at radius 1 is 0.974 bits per heavy atom. The van der Waals surface area contributed by atoms with Gasteiger partial charge in [0, 0.05) is 5.41 Å². The lowest BCUT2D eigenvalue weighted by molar-refractivity contribution is 0.361. The molecule has 2 aromatic rings. The number of allylic oxidation sites excluding steroid dienone is 5. The van der Waals surface area contributed by atoms with E-state index in [0.29, 0.717) is 5.41 Å². The van der Waals surface area contributed by atoms with Gasteiger partial charge in [-0.2, -0.15) is 0 Å². The van der Waals surface area contributed by atoms with E-state index in [1.165, 1.54) is 61.6 Å². The zero-order chi connectivity index (χ0) is 26.4. The minimum absolute atomic E-state index is 0.340. The molecule has 5 rings (SSSR count). The van der Waals surface area contributed by atoms with Gasteiger partial charge < -0.3 is 5.73 Å². The van der Waals surface area contributed by atoms with E-state index < -0.39 is 0 Å². The predicted octanol–water partition coefficient (Wildman–Crippen LogP) is 9.61. The van der Waals surface area contributed by atoms with Crippen LogP contribution >= 0.6 is 12.6 Å². The van der Waals surface area contributed by atoms with Crippen molar-refractivity contribution in [1.82, 2.24) is 0 Å². The maximum absolute atomic E-state index is 5.67. The van der Waals surface area contributed by atoms with Crippen LogP contribution in [0, 0.1) is 23.7 Å². The van der Waals surface area contributed by atoms with Crippen molar-refractivity contribution >= 4 is 24.3 Å². The Bertz CT molecular complexity index is 1130. The molecule has 202 valence electrons. The second kappa shape index (κ2) is 12.9. The van der Waals surface area contributed by atoms with Crippen molar-refractivity contribution in [2.45, 2.75) is 83.0 Å². The molecule has 0 radical (unpaired) electrons. The Balaban J connectivity index is 1.09. The molecule has 2 saturated carbocycles. The van der Waals surface area contributed by atoms with Crippen molar-refractivity contribution in [2.24, 2.45) is 29.4 Å². The first-order valence-corrected chi connectivity index (χ1v) is 15.7. The summed E-state index contributed by atoms with van der Waals surface area (Å²) >= 11 is 4.78. The summed E-state index contributed by atoms with van der Waals surface area (Å²) in [5, 5.41) is 0. The Hall–Kier alpha value is -2.03. The van der Waals surface area contributed by atoms with Gasteiger partial charge >= 0.3 is 0 Å². The van der Waals surface area contributed by atoms with Gasteiger partial charge in [0.25, 0.3) is 0 Å². The highest BCUT2D eigenvalue weighted by Gasteiger charge is 2.54. The fourth-order valence-electron chi connectivity index (χ4n) is 7.63. The first-order chi connectivity index (χ1) is 18.6. The SMILES string of the molecule is CC(CCCC/C=C(\C=C(\S)CCCCN)c1ccccc1)C1C2CCC3(C=Cc4ccccc43)CCC21. The molecule has 2 fully saturated rings. The zero-order valence-electron chi connectivity index (χ0n) is 23.3. The van der Waals surface area contributed by atoms with Gasteiger partial charge in [-0.25, -0.2) is 0 Å². The highest BCUT2D eigenvalue weighted by molar-refractivity contribution is 7.84. The van der Waals surface area contributed by atoms with Gasteiger partial charge in [0.05, 0.1) is 0 Å². The number of benzene rings is 2. The van der Waals surface area contributed by atoms with Crippen molar-refractivity contribution in [2.75, 3.05) is 6.54 Å². The Labute approximate surface area is 237 Å². The van der Waals surface area contributed by atoms with Gasteiger partial charge in [-0.05, 0) is 121 Å². The second-order valence-corrected chi connectivity index (χ2v) is 12.8. The topological polar surface area (TPSA) is 26.0 Å². The Kier molecular flexibility index (Phi) is 9.33. The Morgan fingerprint density at radius 3 is 2.47 bits per heavy atom. The molecule has 2 aromatic carbocycles. The number of fused-ring (bicyclic) bond motifs is 3. The van der Waals surface area contributed by atoms with Gasteiger partial charge in [-0.15, -0.1) is 12.6 Å². The molecule has 2 heteroatoms. The molecule has 0 heterocycles. The lowest BCUT2D eigenvalue weighted by Gasteiger charge is -2.29. The summed E-state index contributed by atoms with van der Waals surface area (Å²) in [6.45, 7) is 3.30. The van der Waals surface area contributed by atoms with E-state index in [0.717, 1.165) is 60.8 Å². The molecule has 0 aliphatic heterocycles. The van der Waals surface area contributed by atoms with Crippen LogP contribution in [0.25, 0.3) is 11.6 Å². The van der Waals surface area contributed by atoms with E-state index >= 15 is 0 Å². The molecule has 0 aromatic heterocycles. The number of unbranched alkanes of at least 4 members (excludes halogenated alkanes) is 3. The van der Waals surface area contributed by atoms with Gasteiger partial charge in [0.2, 0.25) is 0 Å². The molecule has 0 saturated heterocycles. The maximum Gasteiger partial charge on any atom is 0.0141 e. The molecule has 1 nitrogen and oxygen atoms in total. The van der Waals surface area contributed by atoms with E-state index in [1.54, 1.807) is 5.56 Å². The zero-order valence-corrected chi connectivity index (χ0v) is 24.2. The molecular formula is C36H47NS. The largest absolute Gasteiger partial charge is 0.330 e. The molecule has 0 bridgehead atoms. The standard InChI is InChI=1S/C36H47NS/c1-27(35-32-20-23-36(24-21-33(32)35)22-19-29-15-8-9-18-34(29)36)12-4-2-7-16-30(28-13-5-3-6-14-28)26-31(38)17-10-11-25-37/h3,5-6,8-9,13-16,18-19,22,26-27,32-33,35,38H,2,4,7,10-12,17,20-21,23-25,37H2,1H3/b30-16+,31-26+. The van der Waals surface area contributed by atoms with Crippen LogP contribution < -0.4 is 5.73 Å². The molecule has 3 aliphatic rings. The first-order valence-electron chi connectivity index (χ1n) is 15.3. The summed E-state index contributed by atoms with van der Waals surface area (Å²) in [4.78, 5) is 1.16. The minimum atomic E-state index is 0.340. The first kappa shape index (κ1) is 27.5. The van der Waals surface area contributed by atoms with Crippen LogP contribution in [0.15, 0.2) is 77.7 Å². The third kappa shape index (κ3) is 6.40. The van der Waals surface area contributed by atoms with Crippen LogP contribution in [0.4, 0.5) is 0 Å². The number of hydrogen-bond acceptors (Lipinski definition) is 2. The number of thiol groups is 1. The van der Waals surface area contributed by atoms with Gasteiger partial charge in [-0.3, -0.25) is 0 Å². The van der Waals surface area contributed by atoms with E-state index in [4.69, 9.17) is 18.4 Å². The van der Waals surface area contributed by atoms with Crippen LogP contribution in [0.3, 0.4) is 0 Å². The van der Waals surface area contributed by atoms with Gasteiger partial charge in [0.1, 0.15) is 0 Å². The molecule has 38 heavy (non-hydrogen) atoms. The third-order valence-electron chi connectivity index (χ3n) is 9.78. The monoisotopic (exact) mass is 525 g/mol. The second-order valence-electron chi connectivity index (χ2n) is 12.2. The average molecular weight is 526 g/mol. The highest BCUT2D eigenvalue weighted by atomic mass is 32.1. The van der Waals surface area contributed by atoms with Crippen molar-refractivity contribution in [3.05, 3.63) is 94.4 Å². The lowest BCUT2D eigenvalue weighted by atomic mass is 9.75. The van der Waals surface area contributed by atoms with Crippen LogP contribution in [-0.2, 0) is 5.41 Å². The van der Waals surface area contributed by atoms with Crippen LogP contribution in [0.5, 0.6) is 0 Å². The van der Waals surface area contributed by atoms with Crippen molar-refractivity contribution < 1.29 is 0 Å². The smallest absolute Gasteiger partial charge is 0.0141 e. The molecule has 2 N–H and O–H groups in total. The highest BCUT2D eigenvalue weighted by Crippen LogP contribution is 2.62. The van der Waals surface area contributed by atoms with E-state index in [2.05, 4.69) is 85.8 Å². The fraction of sp³-hybridized carbons (Fsp3) is 0.500. The van der Waals surface area contributed by atoms with Crippen LogP contribution in [-0.4, -0.2) is 6.54 Å². The van der Waals surface area contributed by atoms with E-state index in [-0.39, 0.29) is 0 Å². The van der Waals surface area contributed by atoms with Crippen molar-refractivity contribution in [1.29, 1.82) is 0 Å². The quantitative estimate of drug-likeness (QED) is 0.161. The minimum Gasteiger partial charge on any atom is -0.330 e. The molecule has 3 aliphatic carbocycles. The summed E-state index contributed by atoms with van der Waals surface area (Å²) < 4.78 is 0. The summed E-state index contributed by atoms with van der Waals surface area (Å²) in [5.41, 5.74) is 11.7. The van der Waals surface area contributed by atoms with Crippen LogP contribution in [0.1, 0.15) is 94.2 Å². The predicted molar refractivity (Wildman–Crippen MR) is 168 cm³/mol. The van der Waals surface area contributed by atoms with Crippen molar-refractivity contribution in [3.8, 4) is 0 Å². The van der Waals surface area contributed by atoms with E-state index in [9.17, 15) is 0 Å². The summed E-state index contributed by atoms with van der Waals surface area (Å²) in [6, 6.07) is 19.9. The van der Waals surface area contributed by atoms with Gasteiger partial charge in [0.15, 0.2) is 0 Å². The average Bonchev–Trinajstić information content (AvgIpc) is 3.58. The summed E-state index contributed by atoms with van der Waals surface area (Å²) in [5.74, 6) is 3.81. The molecular weight excluding hydrogens is 478 g/mol. The number of rotatable bonds is 12.